The zero-order valence-electron chi connectivity index (χ0n) is 15.0. The molecule has 1 N–H and O–H groups in total. The molecule has 0 fully saturated rings. The van der Waals surface area contributed by atoms with Crippen molar-refractivity contribution in [2.45, 2.75) is 30.6 Å². The van der Waals surface area contributed by atoms with Gasteiger partial charge in [0.1, 0.15) is 23.4 Å². The SMILES string of the molecule is CC(C)(C)C(=O)NC(C#N)=C(Sc1ccc(F)cc1)Sc1ccc(F)cc1. The van der Waals surface area contributed by atoms with E-state index in [1.807, 2.05) is 6.07 Å². The Labute approximate surface area is 165 Å². The molecule has 0 spiro atoms. The number of rotatable bonds is 5. The Morgan fingerprint density at radius 3 is 1.67 bits per heavy atom. The Kier molecular flexibility index (Phi) is 7.05. The number of hydrogen-bond donors (Lipinski definition) is 1. The van der Waals surface area contributed by atoms with Gasteiger partial charge >= 0.3 is 0 Å². The summed E-state index contributed by atoms with van der Waals surface area (Å²) in [6.07, 6.45) is 0. The molecule has 0 radical (unpaired) electrons. The van der Waals surface area contributed by atoms with E-state index in [0.717, 1.165) is 0 Å². The molecular weight excluding hydrogens is 386 g/mol. The molecule has 0 aliphatic carbocycles. The van der Waals surface area contributed by atoms with E-state index in [2.05, 4.69) is 5.32 Å². The maximum Gasteiger partial charge on any atom is 0.230 e. The quantitative estimate of drug-likeness (QED) is 0.513. The predicted octanol–water partition coefficient (Wildman–Crippen LogP) is 5.70. The zero-order chi connectivity index (χ0) is 20.0. The second-order valence-electron chi connectivity index (χ2n) is 6.59. The highest BCUT2D eigenvalue weighted by molar-refractivity contribution is 8.22. The van der Waals surface area contributed by atoms with Gasteiger partial charge in [0.2, 0.25) is 5.91 Å². The molecule has 1 amide bonds. The molecule has 0 aliphatic heterocycles. The normalized spacial score (nSPS) is 10.8. The van der Waals surface area contributed by atoms with Gasteiger partial charge in [-0.25, -0.2) is 8.78 Å². The number of nitrogens with one attached hydrogen (secondary N) is 1. The molecule has 140 valence electrons. The fraction of sp³-hybridized carbons (Fsp3) is 0.200. The van der Waals surface area contributed by atoms with Crippen molar-refractivity contribution in [3.8, 4) is 6.07 Å². The number of nitriles is 1. The van der Waals surface area contributed by atoms with E-state index in [-0.39, 0.29) is 23.2 Å². The summed E-state index contributed by atoms with van der Waals surface area (Å²) in [4.78, 5) is 13.7. The zero-order valence-corrected chi connectivity index (χ0v) is 16.7. The monoisotopic (exact) mass is 404 g/mol. The maximum atomic E-state index is 13.2. The van der Waals surface area contributed by atoms with Gasteiger partial charge < -0.3 is 5.32 Å². The van der Waals surface area contributed by atoms with Crippen LogP contribution in [0, 0.1) is 28.4 Å². The Balaban J connectivity index is 2.39. The molecule has 27 heavy (non-hydrogen) atoms. The summed E-state index contributed by atoms with van der Waals surface area (Å²) in [5.74, 6) is -1.02. The van der Waals surface area contributed by atoms with E-state index in [1.165, 1.54) is 47.8 Å². The standard InChI is InChI=1S/C20H18F2N2OS2/c1-20(2,3)19(25)24-17(12-23)18(26-15-8-4-13(21)5-9-15)27-16-10-6-14(22)7-11-16/h4-11H,1-3H3,(H,24,25). The first-order valence-electron chi connectivity index (χ1n) is 8.01. The summed E-state index contributed by atoms with van der Waals surface area (Å²) >= 11 is 2.45. The Morgan fingerprint density at radius 2 is 1.33 bits per heavy atom. The van der Waals surface area contributed by atoms with Crippen LogP contribution < -0.4 is 5.32 Å². The van der Waals surface area contributed by atoms with Crippen molar-refractivity contribution in [1.29, 1.82) is 5.26 Å². The first-order valence-corrected chi connectivity index (χ1v) is 9.65. The number of carbonyl (C=O) groups is 1. The minimum atomic E-state index is -0.672. The highest BCUT2D eigenvalue weighted by Crippen LogP contribution is 2.41. The molecule has 0 atom stereocenters. The van der Waals surface area contributed by atoms with E-state index in [9.17, 15) is 18.8 Å². The summed E-state index contributed by atoms with van der Waals surface area (Å²) < 4.78 is 26.8. The first-order chi connectivity index (χ1) is 12.7. The van der Waals surface area contributed by atoms with Gasteiger partial charge in [-0.3, -0.25) is 4.79 Å². The lowest BCUT2D eigenvalue weighted by molar-refractivity contribution is -0.127. The van der Waals surface area contributed by atoms with Crippen LogP contribution in [0.3, 0.4) is 0 Å². The topological polar surface area (TPSA) is 52.9 Å². The summed E-state index contributed by atoms with van der Waals surface area (Å²) in [5, 5.41) is 12.2. The summed E-state index contributed by atoms with van der Waals surface area (Å²) in [5.41, 5.74) is -0.576. The van der Waals surface area contributed by atoms with Crippen LogP contribution in [0.4, 0.5) is 8.78 Å². The molecule has 7 heteroatoms. The lowest BCUT2D eigenvalue weighted by atomic mass is 9.96. The van der Waals surface area contributed by atoms with Crippen LogP contribution in [0.1, 0.15) is 20.8 Å². The summed E-state index contributed by atoms with van der Waals surface area (Å²) in [6, 6.07) is 13.7. The van der Waals surface area contributed by atoms with Crippen molar-refractivity contribution >= 4 is 29.4 Å². The fourth-order valence-corrected chi connectivity index (χ4v) is 3.88. The average Bonchev–Trinajstić information content (AvgIpc) is 2.61. The van der Waals surface area contributed by atoms with Crippen LogP contribution >= 0.6 is 23.5 Å². The minimum absolute atomic E-state index is 0.0959. The number of allylic oxidation sites excluding steroid dienone is 1. The van der Waals surface area contributed by atoms with E-state index in [0.29, 0.717) is 14.0 Å². The van der Waals surface area contributed by atoms with Crippen LogP contribution in [-0.4, -0.2) is 5.91 Å². The van der Waals surface area contributed by atoms with Crippen molar-refractivity contribution in [1.82, 2.24) is 5.32 Å². The molecule has 2 aromatic rings. The predicted molar refractivity (Wildman–Crippen MR) is 105 cm³/mol. The molecule has 0 saturated heterocycles. The largest absolute Gasteiger partial charge is 0.315 e. The maximum absolute atomic E-state index is 13.2. The van der Waals surface area contributed by atoms with Crippen molar-refractivity contribution < 1.29 is 13.6 Å². The van der Waals surface area contributed by atoms with E-state index in [1.54, 1.807) is 45.0 Å². The van der Waals surface area contributed by atoms with E-state index < -0.39 is 5.41 Å². The lowest BCUT2D eigenvalue weighted by Gasteiger charge is -2.18. The number of benzene rings is 2. The molecule has 0 aliphatic rings. The highest BCUT2D eigenvalue weighted by atomic mass is 32.2. The van der Waals surface area contributed by atoms with Gasteiger partial charge in [-0.2, -0.15) is 5.26 Å². The van der Waals surface area contributed by atoms with Gasteiger partial charge in [0, 0.05) is 15.2 Å². The Bertz CT molecular complexity index is 831. The average molecular weight is 405 g/mol. The number of hydrogen-bond acceptors (Lipinski definition) is 4. The smallest absolute Gasteiger partial charge is 0.230 e. The Morgan fingerprint density at radius 1 is 0.926 bits per heavy atom. The van der Waals surface area contributed by atoms with Gasteiger partial charge in [-0.05, 0) is 48.5 Å². The molecular formula is C20H18F2N2OS2. The van der Waals surface area contributed by atoms with Gasteiger partial charge in [0.15, 0.2) is 0 Å². The van der Waals surface area contributed by atoms with Crippen molar-refractivity contribution in [3.05, 3.63) is 70.1 Å². The third-order valence-corrected chi connectivity index (χ3v) is 5.58. The molecule has 0 saturated carbocycles. The third-order valence-electron chi connectivity index (χ3n) is 3.28. The van der Waals surface area contributed by atoms with E-state index >= 15 is 0 Å². The highest BCUT2D eigenvalue weighted by Gasteiger charge is 2.23. The van der Waals surface area contributed by atoms with Crippen LogP contribution in [-0.2, 0) is 4.79 Å². The summed E-state index contributed by atoms with van der Waals surface area (Å²) in [6.45, 7) is 5.24. The van der Waals surface area contributed by atoms with E-state index in [4.69, 9.17) is 0 Å². The molecule has 3 nitrogen and oxygen atoms in total. The number of thioether (sulfide) groups is 2. The lowest BCUT2D eigenvalue weighted by Crippen LogP contribution is -2.34. The van der Waals surface area contributed by atoms with Crippen LogP contribution in [0.25, 0.3) is 0 Å². The molecule has 2 aromatic carbocycles. The van der Waals surface area contributed by atoms with Crippen LogP contribution in [0.2, 0.25) is 0 Å². The second-order valence-corrected chi connectivity index (χ2v) is 9.02. The minimum Gasteiger partial charge on any atom is -0.315 e. The number of halogens is 2. The third kappa shape index (κ3) is 6.42. The van der Waals surface area contributed by atoms with Gasteiger partial charge in [0.25, 0.3) is 0 Å². The number of nitrogens with zero attached hydrogens (tertiary/aromatic N) is 1. The van der Waals surface area contributed by atoms with Crippen LogP contribution in [0.15, 0.2) is 68.3 Å². The number of carbonyl (C=O) groups excluding carboxylic acids is 1. The second kappa shape index (κ2) is 9.07. The van der Waals surface area contributed by atoms with Gasteiger partial charge in [0.05, 0.1) is 4.24 Å². The fourth-order valence-electron chi connectivity index (χ4n) is 1.77. The van der Waals surface area contributed by atoms with Crippen molar-refractivity contribution in [3.63, 3.8) is 0 Å². The molecule has 0 heterocycles. The van der Waals surface area contributed by atoms with Crippen LogP contribution in [0.5, 0.6) is 0 Å². The molecule has 0 unspecified atom stereocenters. The first kappa shape index (κ1) is 21.0. The number of amides is 1. The Hall–Kier alpha value is -2.30. The van der Waals surface area contributed by atoms with Gasteiger partial charge in [-0.1, -0.05) is 44.3 Å². The van der Waals surface area contributed by atoms with Crippen molar-refractivity contribution in [2.75, 3.05) is 0 Å². The summed E-state index contributed by atoms with van der Waals surface area (Å²) in [7, 11) is 0. The molecule has 0 aromatic heterocycles. The van der Waals surface area contributed by atoms with Gasteiger partial charge in [-0.15, -0.1) is 0 Å². The molecule has 0 bridgehead atoms. The molecule has 2 rings (SSSR count). The van der Waals surface area contributed by atoms with Crippen molar-refractivity contribution in [2.24, 2.45) is 5.41 Å².